The van der Waals surface area contributed by atoms with Crippen LogP contribution in [-0.2, 0) is 11.3 Å². The first-order chi connectivity index (χ1) is 11.3. The van der Waals surface area contributed by atoms with E-state index in [1.54, 1.807) is 30.9 Å². The maximum atomic E-state index is 11.4. The van der Waals surface area contributed by atoms with E-state index >= 15 is 0 Å². The van der Waals surface area contributed by atoms with E-state index < -0.39 is 0 Å². The Balaban J connectivity index is 1.95. The van der Waals surface area contributed by atoms with Crippen LogP contribution in [0.15, 0.2) is 53.4 Å². The van der Waals surface area contributed by atoms with Gasteiger partial charge in [-0.25, -0.2) is 0 Å². The maximum Gasteiger partial charge on any atom is 0.210 e. The van der Waals surface area contributed by atoms with Gasteiger partial charge in [0.25, 0.3) is 0 Å². The molecule has 0 saturated carbocycles. The van der Waals surface area contributed by atoms with E-state index in [1.165, 1.54) is 4.90 Å². The molecule has 1 amide bonds. The van der Waals surface area contributed by atoms with Crippen LogP contribution in [0.1, 0.15) is 5.56 Å². The predicted octanol–water partition coefficient (Wildman–Crippen LogP) is 3.45. The first-order valence-corrected chi connectivity index (χ1v) is 8.34. The quantitative estimate of drug-likeness (QED) is 0.521. The second kappa shape index (κ2) is 9.10. The third kappa shape index (κ3) is 4.93. The van der Waals surface area contributed by atoms with Crippen molar-refractivity contribution in [3.8, 4) is 11.5 Å². The molecule has 0 radical (unpaired) electrons. The van der Waals surface area contributed by atoms with E-state index in [4.69, 9.17) is 9.47 Å². The highest BCUT2D eigenvalue weighted by Crippen LogP contribution is 2.31. The Bertz CT molecular complexity index is 619. The van der Waals surface area contributed by atoms with Crippen molar-refractivity contribution in [1.82, 2.24) is 4.90 Å². The highest BCUT2D eigenvalue weighted by atomic mass is 32.2. The van der Waals surface area contributed by atoms with Gasteiger partial charge >= 0.3 is 0 Å². The molecule has 4 nitrogen and oxygen atoms in total. The molecule has 2 rings (SSSR count). The van der Waals surface area contributed by atoms with Gasteiger partial charge in [-0.3, -0.25) is 4.79 Å². The van der Waals surface area contributed by atoms with E-state index in [1.807, 2.05) is 36.4 Å². The van der Waals surface area contributed by atoms with Crippen molar-refractivity contribution in [2.45, 2.75) is 11.4 Å². The number of ether oxygens (including phenoxy) is 2. The van der Waals surface area contributed by atoms with Crippen LogP contribution >= 0.6 is 11.8 Å². The fourth-order valence-corrected chi connectivity index (χ4v) is 3.17. The summed E-state index contributed by atoms with van der Waals surface area (Å²) in [5.41, 5.74) is 0.934. The highest BCUT2D eigenvalue weighted by molar-refractivity contribution is 7.99. The van der Waals surface area contributed by atoms with Gasteiger partial charge in [0, 0.05) is 29.3 Å². The Kier molecular flexibility index (Phi) is 6.81. The molecular weight excluding hydrogens is 310 g/mol. The lowest BCUT2D eigenvalue weighted by molar-refractivity contribution is -0.118. The van der Waals surface area contributed by atoms with Crippen molar-refractivity contribution in [1.29, 1.82) is 0 Å². The molecule has 0 bridgehead atoms. The summed E-state index contributed by atoms with van der Waals surface area (Å²) in [7, 11) is 3.22. The van der Waals surface area contributed by atoms with Crippen LogP contribution in [0.5, 0.6) is 11.5 Å². The minimum absolute atomic E-state index is 0.499. The lowest BCUT2D eigenvalue weighted by atomic mass is 10.1. The SMILES string of the molecule is COc1cccc(CN(C=O)CCSc2ccccc2)c1OC. The number of carbonyl (C=O) groups excluding carboxylic acids is 1. The minimum atomic E-state index is 0.499. The van der Waals surface area contributed by atoms with Crippen LogP contribution < -0.4 is 9.47 Å². The zero-order chi connectivity index (χ0) is 16.5. The third-order valence-corrected chi connectivity index (χ3v) is 4.39. The fraction of sp³-hybridized carbons (Fsp3) is 0.278. The van der Waals surface area contributed by atoms with Crippen molar-refractivity contribution >= 4 is 18.2 Å². The highest BCUT2D eigenvalue weighted by Gasteiger charge is 2.12. The zero-order valence-electron chi connectivity index (χ0n) is 13.4. The molecule has 0 aliphatic rings. The first kappa shape index (κ1) is 17.2. The Morgan fingerprint density at radius 3 is 2.48 bits per heavy atom. The molecule has 0 fully saturated rings. The molecule has 0 unspecified atom stereocenters. The number of para-hydroxylation sites is 1. The first-order valence-electron chi connectivity index (χ1n) is 7.35. The average Bonchev–Trinajstić information content (AvgIpc) is 2.61. The number of hydrogen-bond acceptors (Lipinski definition) is 4. The molecule has 2 aromatic carbocycles. The largest absolute Gasteiger partial charge is 0.493 e. The summed E-state index contributed by atoms with van der Waals surface area (Å²) < 4.78 is 10.7. The van der Waals surface area contributed by atoms with Crippen LogP contribution in [0.4, 0.5) is 0 Å². The van der Waals surface area contributed by atoms with Gasteiger partial charge in [0.2, 0.25) is 6.41 Å². The number of amides is 1. The molecule has 0 aromatic heterocycles. The van der Waals surface area contributed by atoms with E-state index in [0.29, 0.717) is 24.6 Å². The van der Waals surface area contributed by atoms with E-state index in [0.717, 1.165) is 17.7 Å². The van der Waals surface area contributed by atoms with Gasteiger partial charge in [-0.2, -0.15) is 0 Å². The molecule has 122 valence electrons. The van der Waals surface area contributed by atoms with Crippen molar-refractivity contribution in [3.63, 3.8) is 0 Å². The van der Waals surface area contributed by atoms with Crippen LogP contribution in [0, 0.1) is 0 Å². The van der Waals surface area contributed by atoms with Gasteiger partial charge in [-0.15, -0.1) is 11.8 Å². The van der Waals surface area contributed by atoms with Gasteiger partial charge in [0.05, 0.1) is 14.2 Å². The standard InChI is InChI=1S/C18H21NO3S/c1-21-17-10-6-7-15(18(17)22-2)13-19(14-20)11-12-23-16-8-4-3-5-9-16/h3-10,14H,11-13H2,1-2H3. The van der Waals surface area contributed by atoms with E-state index in [9.17, 15) is 4.79 Å². The molecule has 0 saturated heterocycles. The summed E-state index contributed by atoms with van der Waals surface area (Å²) in [6, 6.07) is 15.9. The Labute approximate surface area is 141 Å². The van der Waals surface area contributed by atoms with Crippen LogP contribution in [0.3, 0.4) is 0 Å². The summed E-state index contributed by atoms with van der Waals surface area (Å²) in [5, 5.41) is 0. The normalized spacial score (nSPS) is 10.2. The predicted molar refractivity (Wildman–Crippen MR) is 93.2 cm³/mol. The van der Waals surface area contributed by atoms with Crippen molar-refractivity contribution in [2.24, 2.45) is 0 Å². The Morgan fingerprint density at radius 1 is 1.04 bits per heavy atom. The number of benzene rings is 2. The number of methoxy groups -OCH3 is 2. The molecule has 2 aromatic rings. The summed E-state index contributed by atoms with van der Waals surface area (Å²) in [4.78, 5) is 14.3. The molecule has 0 aliphatic carbocycles. The molecule has 0 N–H and O–H groups in total. The second-order valence-corrected chi connectivity index (χ2v) is 6.06. The van der Waals surface area contributed by atoms with Crippen LogP contribution in [0.25, 0.3) is 0 Å². The summed E-state index contributed by atoms with van der Waals surface area (Å²) in [5.74, 6) is 2.20. The summed E-state index contributed by atoms with van der Waals surface area (Å²) in [6.07, 6.45) is 0.879. The van der Waals surface area contributed by atoms with Crippen molar-refractivity contribution < 1.29 is 14.3 Å². The number of carbonyl (C=O) groups is 1. The van der Waals surface area contributed by atoms with Crippen molar-refractivity contribution in [3.05, 3.63) is 54.1 Å². The van der Waals surface area contributed by atoms with Crippen molar-refractivity contribution in [2.75, 3.05) is 26.5 Å². The van der Waals surface area contributed by atoms with Crippen LogP contribution in [-0.4, -0.2) is 37.8 Å². The topological polar surface area (TPSA) is 38.8 Å². The van der Waals surface area contributed by atoms with Gasteiger partial charge in [-0.1, -0.05) is 30.3 Å². The monoisotopic (exact) mass is 331 g/mol. The number of hydrogen-bond donors (Lipinski definition) is 0. The van der Waals surface area contributed by atoms with Gasteiger partial charge in [0.15, 0.2) is 11.5 Å². The van der Waals surface area contributed by atoms with Gasteiger partial charge in [0.1, 0.15) is 0 Å². The number of rotatable bonds is 9. The lowest BCUT2D eigenvalue weighted by Gasteiger charge is -2.19. The summed E-state index contributed by atoms with van der Waals surface area (Å²) in [6.45, 7) is 1.17. The third-order valence-electron chi connectivity index (χ3n) is 3.40. The lowest BCUT2D eigenvalue weighted by Crippen LogP contribution is -2.24. The molecule has 0 heterocycles. The number of thioether (sulfide) groups is 1. The molecule has 23 heavy (non-hydrogen) atoms. The van der Waals surface area contributed by atoms with E-state index in [-0.39, 0.29) is 0 Å². The summed E-state index contributed by atoms with van der Waals surface area (Å²) >= 11 is 1.74. The molecule has 0 atom stereocenters. The second-order valence-electron chi connectivity index (χ2n) is 4.89. The minimum Gasteiger partial charge on any atom is -0.493 e. The zero-order valence-corrected chi connectivity index (χ0v) is 14.2. The average molecular weight is 331 g/mol. The molecule has 5 heteroatoms. The molecule has 0 spiro atoms. The smallest absolute Gasteiger partial charge is 0.210 e. The Morgan fingerprint density at radius 2 is 1.83 bits per heavy atom. The maximum absolute atomic E-state index is 11.4. The molecule has 0 aliphatic heterocycles. The van der Waals surface area contributed by atoms with E-state index in [2.05, 4.69) is 12.1 Å². The number of nitrogens with zero attached hydrogens (tertiary/aromatic N) is 1. The van der Waals surface area contributed by atoms with Crippen LogP contribution in [0.2, 0.25) is 0 Å². The van der Waals surface area contributed by atoms with Gasteiger partial charge in [-0.05, 0) is 18.2 Å². The van der Waals surface area contributed by atoms with Gasteiger partial charge < -0.3 is 14.4 Å². The molecular formula is C18H21NO3S. The Hall–Kier alpha value is -2.14. The fourth-order valence-electron chi connectivity index (χ4n) is 2.26.